The number of aliphatic hydroxyl groups excluding tert-OH is 2. The smallest absolute Gasteiger partial charge is 0.127 e. The minimum Gasteiger partial charge on any atom is -0.385 e. The summed E-state index contributed by atoms with van der Waals surface area (Å²) in [7, 11) is 0. The molecule has 0 aliphatic rings. The van der Waals surface area contributed by atoms with Gasteiger partial charge in [0.2, 0.25) is 0 Å². The van der Waals surface area contributed by atoms with Gasteiger partial charge in [-0.25, -0.2) is 0 Å². The number of halogens is 1. The number of aliphatic hydroxyl groups is 2. The zero-order chi connectivity index (χ0) is 13.8. The van der Waals surface area contributed by atoms with Gasteiger partial charge in [0, 0.05) is 6.54 Å². The molecule has 2 aromatic rings. The predicted octanol–water partition coefficient (Wildman–Crippen LogP) is 2.82. The van der Waals surface area contributed by atoms with Gasteiger partial charge in [-0.05, 0) is 27.9 Å². The lowest BCUT2D eigenvalue weighted by Gasteiger charge is -2.20. The lowest BCUT2D eigenvalue weighted by atomic mass is 10.0. The first-order chi connectivity index (χ1) is 9.15. The Bertz CT molecular complexity index is 527. The van der Waals surface area contributed by atoms with Crippen LogP contribution in [0, 0.1) is 0 Å². The van der Waals surface area contributed by atoms with Crippen molar-refractivity contribution in [3.05, 3.63) is 52.3 Å². The minimum atomic E-state index is -1.01. The number of aromatic nitrogens is 2. The molecule has 0 spiro atoms. The molecular formula is C14H17BrN2O2. The SMILES string of the molecule is CCCn1ncc(Br)c1C(O)C(O)c1ccccc1. The van der Waals surface area contributed by atoms with Crippen LogP contribution in [0.2, 0.25) is 0 Å². The molecule has 0 amide bonds. The van der Waals surface area contributed by atoms with Crippen molar-refractivity contribution >= 4 is 15.9 Å². The van der Waals surface area contributed by atoms with Gasteiger partial charge in [0.1, 0.15) is 12.2 Å². The average molecular weight is 325 g/mol. The molecule has 1 aromatic carbocycles. The first-order valence-electron chi connectivity index (χ1n) is 6.27. The second-order valence-corrected chi connectivity index (χ2v) is 5.26. The molecule has 0 aliphatic carbocycles. The Balaban J connectivity index is 2.28. The standard InChI is InChI=1S/C14H17BrN2O2/c1-2-8-17-12(11(15)9-16-17)14(19)13(18)10-6-4-3-5-7-10/h3-7,9,13-14,18-19H,2,8H2,1H3. The van der Waals surface area contributed by atoms with Gasteiger partial charge in [-0.1, -0.05) is 37.3 Å². The summed E-state index contributed by atoms with van der Waals surface area (Å²) in [4.78, 5) is 0. The molecule has 0 saturated carbocycles. The van der Waals surface area contributed by atoms with Crippen molar-refractivity contribution < 1.29 is 10.2 Å². The zero-order valence-electron chi connectivity index (χ0n) is 10.7. The molecule has 0 aliphatic heterocycles. The summed E-state index contributed by atoms with van der Waals surface area (Å²) in [5.41, 5.74) is 1.30. The van der Waals surface area contributed by atoms with Crippen LogP contribution in [0.15, 0.2) is 41.0 Å². The van der Waals surface area contributed by atoms with E-state index < -0.39 is 12.2 Å². The maximum Gasteiger partial charge on any atom is 0.127 e. The highest BCUT2D eigenvalue weighted by atomic mass is 79.9. The molecule has 2 N–H and O–H groups in total. The van der Waals surface area contributed by atoms with Gasteiger partial charge >= 0.3 is 0 Å². The van der Waals surface area contributed by atoms with Crippen LogP contribution in [-0.2, 0) is 6.54 Å². The quantitative estimate of drug-likeness (QED) is 0.889. The van der Waals surface area contributed by atoms with Crippen LogP contribution >= 0.6 is 15.9 Å². The van der Waals surface area contributed by atoms with E-state index in [1.807, 2.05) is 25.1 Å². The Hall–Kier alpha value is -1.17. The molecule has 1 aromatic heterocycles. The summed E-state index contributed by atoms with van der Waals surface area (Å²) in [5.74, 6) is 0. The van der Waals surface area contributed by atoms with Crippen molar-refractivity contribution in [2.45, 2.75) is 32.1 Å². The van der Waals surface area contributed by atoms with Crippen LogP contribution in [0.5, 0.6) is 0 Å². The van der Waals surface area contributed by atoms with Crippen LogP contribution in [0.3, 0.4) is 0 Å². The topological polar surface area (TPSA) is 58.3 Å². The number of nitrogens with zero attached hydrogens (tertiary/aromatic N) is 2. The summed E-state index contributed by atoms with van der Waals surface area (Å²) in [6, 6.07) is 9.14. The van der Waals surface area contributed by atoms with Crippen molar-refractivity contribution in [2.75, 3.05) is 0 Å². The monoisotopic (exact) mass is 324 g/mol. The Morgan fingerprint density at radius 1 is 1.21 bits per heavy atom. The molecule has 19 heavy (non-hydrogen) atoms. The van der Waals surface area contributed by atoms with Crippen molar-refractivity contribution in [2.24, 2.45) is 0 Å². The summed E-state index contributed by atoms with van der Waals surface area (Å²) >= 11 is 3.37. The maximum atomic E-state index is 10.4. The molecule has 0 saturated heterocycles. The van der Waals surface area contributed by atoms with Gasteiger partial charge in [-0.15, -0.1) is 0 Å². The third-order valence-electron chi connectivity index (χ3n) is 2.99. The molecule has 5 heteroatoms. The molecule has 2 rings (SSSR count). The molecule has 0 radical (unpaired) electrons. The van der Waals surface area contributed by atoms with E-state index >= 15 is 0 Å². The van der Waals surface area contributed by atoms with Gasteiger partial charge < -0.3 is 10.2 Å². The average Bonchev–Trinajstić information content (AvgIpc) is 2.80. The fourth-order valence-electron chi connectivity index (χ4n) is 2.04. The van der Waals surface area contributed by atoms with Gasteiger partial charge in [-0.3, -0.25) is 4.68 Å². The van der Waals surface area contributed by atoms with Crippen LogP contribution in [0.4, 0.5) is 0 Å². The fourth-order valence-corrected chi connectivity index (χ4v) is 2.57. The maximum absolute atomic E-state index is 10.4. The van der Waals surface area contributed by atoms with E-state index in [-0.39, 0.29) is 0 Å². The normalized spacial score (nSPS) is 14.3. The lowest BCUT2D eigenvalue weighted by Crippen LogP contribution is -2.16. The van der Waals surface area contributed by atoms with E-state index in [9.17, 15) is 10.2 Å². The highest BCUT2D eigenvalue weighted by Gasteiger charge is 2.25. The summed E-state index contributed by atoms with van der Waals surface area (Å²) in [6.07, 6.45) is 0.580. The number of hydrogen-bond donors (Lipinski definition) is 2. The number of aryl methyl sites for hydroxylation is 1. The zero-order valence-corrected chi connectivity index (χ0v) is 12.3. The fraction of sp³-hybridized carbons (Fsp3) is 0.357. The second-order valence-electron chi connectivity index (χ2n) is 4.40. The highest BCUT2D eigenvalue weighted by molar-refractivity contribution is 9.10. The van der Waals surface area contributed by atoms with E-state index in [0.717, 1.165) is 6.42 Å². The van der Waals surface area contributed by atoms with Crippen molar-refractivity contribution in [3.63, 3.8) is 0 Å². The van der Waals surface area contributed by atoms with E-state index in [1.165, 1.54) is 0 Å². The Morgan fingerprint density at radius 3 is 2.53 bits per heavy atom. The Morgan fingerprint density at radius 2 is 1.89 bits per heavy atom. The molecule has 4 nitrogen and oxygen atoms in total. The predicted molar refractivity (Wildman–Crippen MR) is 76.6 cm³/mol. The van der Waals surface area contributed by atoms with Gasteiger partial charge in [0.25, 0.3) is 0 Å². The van der Waals surface area contributed by atoms with Crippen molar-refractivity contribution in [3.8, 4) is 0 Å². The molecule has 2 atom stereocenters. The number of hydrogen-bond acceptors (Lipinski definition) is 3. The molecule has 102 valence electrons. The third kappa shape index (κ3) is 3.05. The van der Waals surface area contributed by atoms with Crippen LogP contribution in [0.25, 0.3) is 0 Å². The van der Waals surface area contributed by atoms with E-state index in [4.69, 9.17) is 0 Å². The Labute approximate surface area is 120 Å². The third-order valence-corrected chi connectivity index (χ3v) is 3.60. The van der Waals surface area contributed by atoms with Crippen molar-refractivity contribution in [1.29, 1.82) is 0 Å². The van der Waals surface area contributed by atoms with E-state index in [0.29, 0.717) is 22.3 Å². The largest absolute Gasteiger partial charge is 0.385 e. The summed E-state index contributed by atoms with van der Waals surface area (Å²) in [6.45, 7) is 2.75. The van der Waals surface area contributed by atoms with Crippen LogP contribution < -0.4 is 0 Å². The first kappa shape index (κ1) is 14.2. The summed E-state index contributed by atoms with van der Waals surface area (Å²) in [5, 5.41) is 24.8. The second kappa shape index (κ2) is 6.32. The van der Waals surface area contributed by atoms with E-state index in [2.05, 4.69) is 21.0 Å². The number of rotatable bonds is 5. The number of benzene rings is 1. The van der Waals surface area contributed by atoms with Crippen LogP contribution in [0.1, 0.15) is 36.8 Å². The Kier molecular flexibility index (Phi) is 4.74. The highest BCUT2D eigenvalue weighted by Crippen LogP contribution is 2.32. The van der Waals surface area contributed by atoms with Crippen LogP contribution in [-0.4, -0.2) is 20.0 Å². The first-order valence-corrected chi connectivity index (χ1v) is 7.06. The van der Waals surface area contributed by atoms with Gasteiger partial charge in [0.05, 0.1) is 16.4 Å². The molecule has 0 bridgehead atoms. The van der Waals surface area contributed by atoms with Gasteiger partial charge in [-0.2, -0.15) is 5.10 Å². The molecular weight excluding hydrogens is 308 g/mol. The molecule has 1 heterocycles. The molecule has 0 fully saturated rings. The molecule has 2 unspecified atom stereocenters. The van der Waals surface area contributed by atoms with Gasteiger partial charge in [0.15, 0.2) is 0 Å². The minimum absolute atomic E-state index is 0.609. The lowest BCUT2D eigenvalue weighted by molar-refractivity contribution is 0.0113. The van der Waals surface area contributed by atoms with Crippen molar-refractivity contribution in [1.82, 2.24) is 9.78 Å². The summed E-state index contributed by atoms with van der Waals surface area (Å²) < 4.78 is 2.43. The van der Waals surface area contributed by atoms with E-state index in [1.54, 1.807) is 23.0 Å².